The van der Waals surface area contributed by atoms with Gasteiger partial charge in [-0.05, 0) is 13.0 Å². The quantitative estimate of drug-likeness (QED) is 0.502. The van der Waals surface area contributed by atoms with E-state index in [2.05, 4.69) is 5.32 Å². The highest BCUT2D eigenvalue weighted by Gasteiger charge is 2.55. The Morgan fingerprint density at radius 2 is 2.08 bits per heavy atom. The molecule has 0 aromatic carbocycles. The number of nitrogens with one attached hydrogen (secondary N) is 1. The number of hydrogen-bond acceptors (Lipinski definition) is 3. The highest BCUT2D eigenvalue weighted by Crippen LogP contribution is 2.30. The van der Waals surface area contributed by atoms with Gasteiger partial charge in [-0.2, -0.15) is 0 Å². The van der Waals surface area contributed by atoms with Crippen LogP contribution in [0.3, 0.4) is 0 Å². The Kier molecular flexibility index (Phi) is 1.60. The lowest BCUT2D eigenvalue weighted by atomic mass is 9.97. The molecular weight excluding hydrogens is 170 g/mol. The monoisotopic (exact) mass is 183 g/mol. The second-order valence-corrected chi connectivity index (χ2v) is 3.66. The first-order chi connectivity index (χ1) is 6.09. The van der Waals surface area contributed by atoms with Crippen molar-refractivity contribution in [3.63, 3.8) is 0 Å². The third-order valence-electron chi connectivity index (χ3n) is 3.05. The molecule has 0 aliphatic carbocycles. The molecule has 1 spiro atoms. The fraction of sp³-hybridized carbons (Fsp3) is 0.750. The van der Waals surface area contributed by atoms with Gasteiger partial charge in [-0.25, -0.2) is 4.79 Å². The molecule has 0 saturated carbocycles. The zero-order valence-electron chi connectivity index (χ0n) is 7.83. The van der Waals surface area contributed by atoms with Crippen LogP contribution in [0.4, 0.5) is 4.79 Å². The first kappa shape index (κ1) is 8.50. The predicted octanol–water partition coefficient (Wildman–Crippen LogP) is -0.758. The number of urea groups is 1. The average molecular weight is 183 g/mol. The Bertz CT molecular complexity index is 271. The summed E-state index contributed by atoms with van der Waals surface area (Å²) in [5.41, 5.74) is -0.591. The minimum atomic E-state index is -0.591. The molecule has 0 unspecified atom stereocenters. The van der Waals surface area contributed by atoms with Gasteiger partial charge in [0.05, 0.1) is 0 Å². The molecule has 13 heavy (non-hydrogen) atoms. The summed E-state index contributed by atoms with van der Waals surface area (Å²) in [5, 5.41) is 3.12. The van der Waals surface area contributed by atoms with Crippen molar-refractivity contribution in [3.8, 4) is 0 Å². The van der Waals surface area contributed by atoms with Crippen LogP contribution in [0.5, 0.6) is 0 Å². The van der Waals surface area contributed by atoms with Crippen molar-refractivity contribution in [2.75, 3.05) is 27.2 Å². The van der Waals surface area contributed by atoms with Gasteiger partial charge >= 0.3 is 6.03 Å². The van der Waals surface area contributed by atoms with Gasteiger partial charge < -0.3 is 10.2 Å². The Morgan fingerprint density at radius 1 is 1.38 bits per heavy atom. The van der Waals surface area contributed by atoms with Gasteiger partial charge in [0.1, 0.15) is 5.54 Å². The van der Waals surface area contributed by atoms with E-state index in [-0.39, 0.29) is 11.9 Å². The fourth-order valence-electron chi connectivity index (χ4n) is 2.10. The van der Waals surface area contributed by atoms with Crippen LogP contribution in [-0.2, 0) is 4.79 Å². The molecule has 2 saturated heterocycles. The van der Waals surface area contributed by atoms with E-state index in [1.54, 1.807) is 11.9 Å². The maximum Gasteiger partial charge on any atom is 0.327 e. The topological polar surface area (TPSA) is 52.7 Å². The van der Waals surface area contributed by atoms with Gasteiger partial charge in [0.2, 0.25) is 0 Å². The van der Waals surface area contributed by atoms with Crippen molar-refractivity contribution in [2.24, 2.45) is 0 Å². The molecule has 0 bridgehead atoms. The minimum absolute atomic E-state index is 0.0787. The second-order valence-electron chi connectivity index (χ2n) is 3.66. The molecule has 1 atom stereocenters. The molecule has 72 valence electrons. The lowest BCUT2D eigenvalue weighted by molar-refractivity contribution is -0.131. The van der Waals surface area contributed by atoms with Crippen molar-refractivity contribution in [2.45, 2.75) is 12.0 Å². The van der Waals surface area contributed by atoms with E-state index in [0.717, 1.165) is 13.0 Å². The highest BCUT2D eigenvalue weighted by molar-refractivity contribution is 6.07. The van der Waals surface area contributed by atoms with Crippen LogP contribution < -0.4 is 5.32 Å². The van der Waals surface area contributed by atoms with Crippen molar-refractivity contribution < 1.29 is 9.59 Å². The zero-order chi connectivity index (χ0) is 9.64. The molecule has 2 aliphatic heterocycles. The van der Waals surface area contributed by atoms with E-state index >= 15 is 0 Å². The van der Waals surface area contributed by atoms with Gasteiger partial charge in [-0.1, -0.05) is 0 Å². The molecule has 0 aromatic heterocycles. The number of rotatable bonds is 0. The molecule has 0 aromatic rings. The van der Waals surface area contributed by atoms with Crippen molar-refractivity contribution >= 4 is 11.9 Å². The summed E-state index contributed by atoms with van der Waals surface area (Å²) in [6.45, 7) is 1.38. The van der Waals surface area contributed by atoms with Crippen LogP contribution in [0.15, 0.2) is 0 Å². The number of imide groups is 1. The van der Waals surface area contributed by atoms with Crippen LogP contribution >= 0.6 is 0 Å². The van der Waals surface area contributed by atoms with E-state index in [1.807, 2.05) is 0 Å². The van der Waals surface area contributed by atoms with E-state index in [1.165, 1.54) is 11.9 Å². The molecule has 1 N–H and O–H groups in total. The number of hydrogen-bond donors (Lipinski definition) is 1. The van der Waals surface area contributed by atoms with Gasteiger partial charge in [-0.15, -0.1) is 0 Å². The van der Waals surface area contributed by atoms with Gasteiger partial charge in [-0.3, -0.25) is 9.69 Å². The lowest BCUT2D eigenvalue weighted by Crippen LogP contribution is -2.49. The predicted molar refractivity (Wildman–Crippen MR) is 46.1 cm³/mol. The second kappa shape index (κ2) is 2.45. The molecular formula is C8H13N3O2. The number of nitrogens with zero attached hydrogens (tertiary/aromatic N) is 2. The SMILES string of the molecule is CN1C(=O)N(C)[C@@]2(CCNC2)C1=O. The maximum atomic E-state index is 11.8. The Labute approximate surface area is 76.7 Å². The van der Waals surface area contributed by atoms with E-state index in [9.17, 15) is 9.59 Å². The van der Waals surface area contributed by atoms with Gasteiger partial charge in [0.15, 0.2) is 0 Å². The summed E-state index contributed by atoms with van der Waals surface area (Å²) < 4.78 is 0. The maximum absolute atomic E-state index is 11.8. The van der Waals surface area contributed by atoms with Crippen molar-refractivity contribution in [1.29, 1.82) is 0 Å². The molecule has 5 heteroatoms. The minimum Gasteiger partial charge on any atom is -0.314 e. The standard InChI is InChI=1S/C8H13N3O2/c1-10-6(12)8(3-4-9-5-8)11(2)7(10)13/h9H,3-5H2,1-2H3/t8-/m1/s1. The molecule has 0 radical (unpaired) electrons. The Balaban J connectivity index is 2.38. The number of likely N-dealkylation sites (N-methyl/N-ethyl adjacent to an activating group) is 2. The third-order valence-corrected chi connectivity index (χ3v) is 3.05. The molecule has 3 amide bonds. The normalized spacial score (nSPS) is 34.0. The summed E-state index contributed by atoms with van der Waals surface area (Å²) in [6.07, 6.45) is 0.721. The summed E-state index contributed by atoms with van der Waals surface area (Å²) in [4.78, 5) is 26.0. The largest absolute Gasteiger partial charge is 0.327 e. The van der Waals surface area contributed by atoms with Crippen LogP contribution in [0.1, 0.15) is 6.42 Å². The Hall–Kier alpha value is -1.10. The van der Waals surface area contributed by atoms with Crippen LogP contribution in [-0.4, -0.2) is 54.5 Å². The highest BCUT2D eigenvalue weighted by atomic mass is 16.2. The molecule has 2 heterocycles. The van der Waals surface area contributed by atoms with Crippen molar-refractivity contribution in [1.82, 2.24) is 15.1 Å². The summed E-state index contributed by atoms with van der Waals surface area (Å²) in [5.74, 6) is -0.0787. The summed E-state index contributed by atoms with van der Waals surface area (Å²) in [7, 11) is 3.23. The fourth-order valence-corrected chi connectivity index (χ4v) is 2.10. The number of carbonyl (C=O) groups excluding carboxylic acids is 2. The molecule has 5 nitrogen and oxygen atoms in total. The smallest absolute Gasteiger partial charge is 0.314 e. The van der Waals surface area contributed by atoms with Gasteiger partial charge in [0, 0.05) is 20.6 Å². The van der Waals surface area contributed by atoms with Crippen LogP contribution in [0.25, 0.3) is 0 Å². The average Bonchev–Trinajstić information content (AvgIpc) is 2.67. The van der Waals surface area contributed by atoms with Crippen molar-refractivity contribution in [3.05, 3.63) is 0 Å². The first-order valence-corrected chi connectivity index (χ1v) is 4.36. The van der Waals surface area contributed by atoms with Gasteiger partial charge in [0.25, 0.3) is 5.91 Å². The van der Waals surface area contributed by atoms with E-state index < -0.39 is 5.54 Å². The van der Waals surface area contributed by atoms with E-state index in [0.29, 0.717) is 6.54 Å². The summed E-state index contributed by atoms with van der Waals surface area (Å²) >= 11 is 0. The number of amides is 3. The van der Waals surface area contributed by atoms with E-state index in [4.69, 9.17) is 0 Å². The molecule has 2 aliphatic rings. The third kappa shape index (κ3) is 0.848. The zero-order valence-corrected chi connectivity index (χ0v) is 7.83. The Morgan fingerprint density at radius 3 is 2.46 bits per heavy atom. The van der Waals surface area contributed by atoms with Crippen LogP contribution in [0, 0.1) is 0 Å². The number of carbonyl (C=O) groups is 2. The van der Waals surface area contributed by atoms with Crippen LogP contribution in [0.2, 0.25) is 0 Å². The summed E-state index contributed by atoms with van der Waals surface area (Å²) in [6, 6.07) is -0.200. The first-order valence-electron chi connectivity index (χ1n) is 4.36. The molecule has 2 rings (SSSR count). The lowest BCUT2D eigenvalue weighted by Gasteiger charge is -2.26. The molecule has 2 fully saturated rings.